The molecule has 0 saturated heterocycles. The van der Waals surface area contributed by atoms with Crippen LogP contribution in [0.15, 0.2) is 24.3 Å². The van der Waals surface area contributed by atoms with Gasteiger partial charge < -0.3 is 20.5 Å². The minimum Gasteiger partial charge on any atom is -0.477 e. The van der Waals surface area contributed by atoms with Crippen LogP contribution in [0.2, 0.25) is 0 Å². The number of carbonyl (C=O) groups is 2. The van der Waals surface area contributed by atoms with Gasteiger partial charge in [-0.1, -0.05) is 20.3 Å². The van der Waals surface area contributed by atoms with Crippen LogP contribution in [-0.2, 0) is 14.3 Å². The molecule has 1 aromatic carbocycles. The van der Waals surface area contributed by atoms with Gasteiger partial charge in [-0.05, 0) is 30.2 Å². The zero-order valence-corrected chi connectivity index (χ0v) is 14.8. The maximum absolute atomic E-state index is 12.9. The van der Waals surface area contributed by atoms with Crippen molar-refractivity contribution >= 4 is 24.3 Å². The first-order chi connectivity index (χ1) is 10.9. The smallest absolute Gasteiger partial charge is 0.348 e. The molecule has 0 aliphatic heterocycles. The average Bonchev–Trinajstić information content (AvgIpc) is 2.57. The van der Waals surface area contributed by atoms with Crippen molar-refractivity contribution in [1.29, 1.82) is 0 Å². The first kappa shape index (κ1) is 22.1. The monoisotopic (exact) mass is 362 g/mol. The summed E-state index contributed by atoms with van der Waals surface area (Å²) in [5, 5.41) is 2.58. The molecule has 1 amide bonds. The second-order valence-electron chi connectivity index (χ2n) is 5.24. The highest BCUT2D eigenvalue weighted by atomic mass is 35.5. The van der Waals surface area contributed by atoms with Crippen molar-refractivity contribution in [2.24, 2.45) is 11.7 Å². The van der Waals surface area contributed by atoms with Crippen molar-refractivity contribution in [3.8, 4) is 5.75 Å². The highest BCUT2D eigenvalue weighted by Gasteiger charge is 2.25. The van der Waals surface area contributed by atoms with Crippen LogP contribution in [0.1, 0.15) is 20.3 Å². The number of ether oxygens (including phenoxy) is 2. The fourth-order valence-electron chi connectivity index (χ4n) is 1.81. The van der Waals surface area contributed by atoms with Gasteiger partial charge in [0, 0.05) is 0 Å². The Balaban J connectivity index is 0.00000529. The Morgan fingerprint density at radius 2 is 1.88 bits per heavy atom. The van der Waals surface area contributed by atoms with E-state index in [1.54, 1.807) is 0 Å². The number of rotatable bonds is 8. The number of hydrogen-bond donors (Lipinski definition) is 2. The third-order valence-electron chi connectivity index (χ3n) is 3.58. The highest BCUT2D eigenvalue weighted by Crippen LogP contribution is 2.13. The summed E-state index contributed by atoms with van der Waals surface area (Å²) in [5.74, 6) is -1.12. The van der Waals surface area contributed by atoms with Gasteiger partial charge >= 0.3 is 5.97 Å². The molecule has 3 N–H and O–H groups in total. The second-order valence-corrected chi connectivity index (χ2v) is 5.24. The lowest BCUT2D eigenvalue weighted by Gasteiger charge is -2.21. The Bertz CT molecular complexity index is 527. The van der Waals surface area contributed by atoms with Gasteiger partial charge in [-0.15, -0.1) is 12.4 Å². The maximum Gasteiger partial charge on any atom is 0.348 e. The van der Waals surface area contributed by atoms with Crippen LogP contribution >= 0.6 is 12.4 Å². The number of benzene rings is 1. The topological polar surface area (TPSA) is 90.7 Å². The first-order valence-electron chi connectivity index (χ1n) is 7.42. The molecule has 136 valence electrons. The quantitative estimate of drug-likeness (QED) is 0.686. The van der Waals surface area contributed by atoms with Gasteiger partial charge in [0.15, 0.2) is 0 Å². The lowest BCUT2D eigenvalue weighted by atomic mass is 9.99. The molecule has 0 fully saturated rings. The fourth-order valence-corrected chi connectivity index (χ4v) is 1.81. The van der Waals surface area contributed by atoms with Crippen LogP contribution < -0.4 is 15.8 Å². The molecule has 0 heterocycles. The molecule has 0 saturated carbocycles. The number of halogens is 2. The zero-order valence-electron chi connectivity index (χ0n) is 14.0. The predicted molar refractivity (Wildman–Crippen MR) is 90.5 cm³/mol. The van der Waals surface area contributed by atoms with E-state index in [2.05, 4.69) is 10.1 Å². The van der Waals surface area contributed by atoms with Crippen molar-refractivity contribution in [2.45, 2.75) is 32.4 Å². The molecule has 6 nitrogen and oxygen atoms in total. The Hall–Kier alpha value is -1.86. The van der Waals surface area contributed by atoms with E-state index in [9.17, 15) is 14.0 Å². The molecule has 0 aliphatic carbocycles. The van der Waals surface area contributed by atoms with Gasteiger partial charge in [-0.25, -0.2) is 9.18 Å². The summed E-state index contributed by atoms with van der Waals surface area (Å²) in [5.41, 5.74) is 5.82. The highest BCUT2D eigenvalue weighted by molar-refractivity contribution is 5.85. The van der Waals surface area contributed by atoms with Crippen LogP contribution in [0.3, 0.4) is 0 Å². The van der Waals surface area contributed by atoms with E-state index in [0.29, 0.717) is 5.75 Å². The number of amides is 1. The lowest BCUT2D eigenvalue weighted by molar-refractivity contribution is -0.148. The number of carbonyl (C=O) groups excluding carboxylic acids is 2. The zero-order chi connectivity index (χ0) is 17.4. The summed E-state index contributed by atoms with van der Waals surface area (Å²) in [6.07, 6.45) is -0.278. The van der Waals surface area contributed by atoms with Crippen molar-refractivity contribution in [2.75, 3.05) is 13.7 Å². The van der Waals surface area contributed by atoms with E-state index in [4.69, 9.17) is 10.5 Å². The standard InChI is InChI=1S/C16H23FN2O4.ClH/c1-4-10(2)14(18)15(20)19-9-13(16(21)22-3)23-12-7-5-11(17)6-8-12;/h5-8,10,13-14H,4,9,18H2,1-3H3,(H,19,20);1H. The lowest BCUT2D eigenvalue weighted by Crippen LogP contribution is -2.49. The molecule has 0 spiro atoms. The van der Waals surface area contributed by atoms with Crippen molar-refractivity contribution in [3.05, 3.63) is 30.1 Å². The third-order valence-corrected chi connectivity index (χ3v) is 3.58. The molecule has 0 aromatic heterocycles. The van der Waals surface area contributed by atoms with E-state index in [-0.39, 0.29) is 30.8 Å². The molecule has 1 rings (SSSR count). The summed E-state index contributed by atoms with van der Waals surface area (Å²) in [7, 11) is 1.22. The Kier molecular flexibility index (Phi) is 9.99. The molecule has 24 heavy (non-hydrogen) atoms. The van der Waals surface area contributed by atoms with E-state index in [0.717, 1.165) is 6.42 Å². The van der Waals surface area contributed by atoms with Crippen LogP contribution in [0.4, 0.5) is 4.39 Å². The summed E-state index contributed by atoms with van der Waals surface area (Å²) in [4.78, 5) is 23.7. The van der Waals surface area contributed by atoms with Crippen molar-refractivity contribution in [1.82, 2.24) is 5.32 Å². The van der Waals surface area contributed by atoms with E-state index < -0.39 is 23.9 Å². The number of esters is 1. The SMILES string of the molecule is CCC(C)C(N)C(=O)NCC(Oc1ccc(F)cc1)C(=O)OC.Cl. The first-order valence-corrected chi connectivity index (χ1v) is 7.42. The number of nitrogens with one attached hydrogen (secondary N) is 1. The summed E-state index contributed by atoms with van der Waals surface area (Å²) in [6, 6.07) is 4.53. The summed E-state index contributed by atoms with van der Waals surface area (Å²) in [6.45, 7) is 3.72. The Morgan fingerprint density at radius 3 is 2.38 bits per heavy atom. The molecular weight excluding hydrogens is 339 g/mol. The van der Waals surface area contributed by atoms with Gasteiger partial charge in [-0.3, -0.25) is 4.79 Å². The van der Waals surface area contributed by atoms with Crippen LogP contribution in [0.5, 0.6) is 5.75 Å². The fraction of sp³-hybridized carbons (Fsp3) is 0.500. The van der Waals surface area contributed by atoms with Gasteiger partial charge in [0.2, 0.25) is 12.0 Å². The molecule has 0 bridgehead atoms. The molecular formula is C16H24ClFN2O4. The Morgan fingerprint density at radius 1 is 1.29 bits per heavy atom. The molecule has 0 radical (unpaired) electrons. The average molecular weight is 363 g/mol. The molecule has 8 heteroatoms. The molecule has 3 atom stereocenters. The predicted octanol–water partition coefficient (Wildman–Crippen LogP) is 1.66. The van der Waals surface area contributed by atoms with Gasteiger partial charge in [0.05, 0.1) is 19.7 Å². The van der Waals surface area contributed by atoms with Crippen molar-refractivity contribution in [3.63, 3.8) is 0 Å². The minimum atomic E-state index is -1.04. The van der Waals surface area contributed by atoms with E-state index in [1.807, 2.05) is 13.8 Å². The number of hydrogen-bond acceptors (Lipinski definition) is 5. The van der Waals surface area contributed by atoms with Crippen LogP contribution in [0.25, 0.3) is 0 Å². The molecule has 0 aliphatic rings. The van der Waals surface area contributed by atoms with Gasteiger partial charge in [-0.2, -0.15) is 0 Å². The van der Waals surface area contributed by atoms with Crippen molar-refractivity contribution < 1.29 is 23.5 Å². The van der Waals surface area contributed by atoms with Crippen LogP contribution in [-0.4, -0.2) is 37.7 Å². The normalized spacial score (nSPS) is 13.9. The molecule has 3 unspecified atom stereocenters. The summed E-state index contributed by atoms with van der Waals surface area (Å²) < 4.78 is 23.0. The summed E-state index contributed by atoms with van der Waals surface area (Å²) >= 11 is 0. The largest absolute Gasteiger partial charge is 0.477 e. The number of nitrogens with two attached hydrogens (primary N) is 1. The Labute approximate surface area is 147 Å². The minimum absolute atomic E-state index is 0. The maximum atomic E-state index is 12.9. The van der Waals surface area contributed by atoms with Crippen LogP contribution in [0, 0.1) is 11.7 Å². The van der Waals surface area contributed by atoms with E-state index in [1.165, 1.54) is 31.4 Å². The van der Waals surface area contributed by atoms with Gasteiger partial charge in [0.25, 0.3) is 0 Å². The molecule has 1 aromatic rings. The van der Waals surface area contributed by atoms with Gasteiger partial charge in [0.1, 0.15) is 11.6 Å². The third kappa shape index (κ3) is 6.72. The second kappa shape index (κ2) is 10.8. The van der Waals surface area contributed by atoms with E-state index >= 15 is 0 Å². The number of methoxy groups -OCH3 is 1.